The van der Waals surface area contributed by atoms with E-state index in [1.165, 1.54) is 7.11 Å². The van der Waals surface area contributed by atoms with Crippen LogP contribution in [0.15, 0.2) is 0 Å². The van der Waals surface area contributed by atoms with Crippen molar-refractivity contribution < 1.29 is 9.53 Å². The van der Waals surface area contributed by atoms with Crippen LogP contribution in [0.5, 0.6) is 0 Å². The molecule has 0 saturated carbocycles. The molecule has 0 saturated heterocycles. The first-order valence-electron chi connectivity index (χ1n) is 5.64. The monoisotopic (exact) mass is 255 g/mol. The maximum Gasteiger partial charge on any atom is 0.248 e. The average Bonchev–Trinajstić information content (AvgIpc) is 2.71. The fourth-order valence-corrected chi connectivity index (χ4v) is 2.30. The molecule has 0 spiro atoms. The zero-order valence-electron chi connectivity index (χ0n) is 10.1. The topological polar surface area (TPSA) is 58.2 Å². The quantitative estimate of drug-likeness (QED) is 0.790. The van der Waals surface area contributed by atoms with Gasteiger partial charge in [-0.05, 0) is 6.92 Å². The van der Waals surface area contributed by atoms with Crippen molar-refractivity contribution in [3.05, 3.63) is 17.0 Å². The number of ether oxygens (including phenoxy) is 1. The van der Waals surface area contributed by atoms with Crippen LogP contribution < -0.4 is 0 Å². The van der Waals surface area contributed by atoms with Crippen LogP contribution in [0.25, 0.3) is 0 Å². The van der Waals surface area contributed by atoms with E-state index in [2.05, 4.69) is 22.8 Å². The first-order chi connectivity index (χ1) is 8.13. The number of methoxy groups -OCH3 is 1. The summed E-state index contributed by atoms with van der Waals surface area (Å²) in [5.74, 6) is 0.0251. The molecule has 1 aliphatic heterocycles. The maximum atomic E-state index is 11.8. The van der Waals surface area contributed by atoms with Gasteiger partial charge in [0.2, 0.25) is 5.91 Å². The number of nitrogens with zero attached hydrogens (tertiary/aromatic N) is 2. The normalized spacial score (nSPS) is 16.8. The Labute approximate surface area is 106 Å². The summed E-state index contributed by atoms with van der Waals surface area (Å²) in [5, 5.41) is 7.37. The zero-order valence-corrected chi connectivity index (χ0v) is 11.0. The molecule has 1 aliphatic rings. The molecule has 2 heterocycles. The lowest BCUT2D eigenvalue weighted by Gasteiger charge is -2.27. The van der Waals surface area contributed by atoms with Crippen LogP contribution in [0, 0.1) is 0 Å². The van der Waals surface area contributed by atoms with Gasteiger partial charge in [-0.15, -0.1) is 0 Å². The summed E-state index contributed by atoms with van der Waals surface area (Å²) < 4.78 is 4.87. The number of aromatic nitrogens is 2. The Morgan fingerprint density at radius 1 is 1.71 bits per heavy atom. The maximum absolute atomic E-state index is 11.8. The zero-order chi connectivity index (χ0) is 12.4. The number of H-pyrrole nitrogens is 1. The molecule has 5 nitrogen and oxygen atoms in total. The summed E-state index contributed by atoms with van der Waals surface area (Å²) in [6.45, 7) is 3.44. The average molecular weight is 255 g/mol. The van der Waals surface area contributed by atoms with Gasteiger partial charge in [-0.1, -0.05) is 0 Å². The van der Waals surface area contributed by atoms with Gasteiger partial charge in [0.05, 0.1) is 5.69 Å². The number of fused-ring (bicyclic) bond motifs is 1. The molecule has 1 aromatic heterocycles. The molecule has 0 bridgehead atoms. The van der Waals surface area contributed by atoms with Crippen molar-refractivity contribution in [3.63, 3.8) is 0 Å². The van der Waals surface area contributed by atoms with E-state index in [1.807, 2.05) is 6.92 Å². The van der Waals surface area contributed by atoms with Crippen molar-refractivity contribution in [2.75, 3.05) is 20.3 Å². The largest absolute Gasteiger partial charge is 0.375 e. The molecule has 1 unspecified atom stereocenters. The van der Waals surface area contributed by atoms with Gasteiger partial charge in [-0.2, -0.15) is 17.7 Å². The predicted octanol–water partition coefficient (Wildman–Crippen LogP) is 0.932. The third-order valence-electron chi connectivity index (χ3n) is 2.98. The van der Waals surface area contributed by atoms with Crippen LogP contribution in [0.4, 0.5) is 0 Å². The molecule has 0 aromatic carbocycles. The molecular weight excluding hydrogens is 238 g/mol. The van der Waals surface area contributed by atoms with Gasteiger partial charge in [-0.3, -0.25) is 9.89 Å². The van der Waals surface area contributed by atoms with Crippen LogP contribution >= 0.6 is 12.6 Å². The number of aromatic amines is 1. The van der Waals surface area contributed by atoms with E-state index in [0.29, 0.717) is 6.54 Å². The summed E-state index contributed by atoms with van der Waals surface area (Å²) in [5.41, 5.74) is 3.18. The van der Waals surface area contributed by atoms with Gasteiger partial charge in [0.25, 0.3) is 0 Å². The van der Waals surface area contributed by atoms with Crippen LogP contribution in [-0.2, 0) is 22.5 Å². The van der Waals surface area contributed by atoms with E-state index < -0.39 is 0 Å². The highest BCUT2D eigenvalue weighted by Crippen LogP contribution is 2.27. The fraction of sp³-hybridized carbons (Fsp3) is 0.636. The van der Waals surface area contributed by atoms with E-state index in [4.69, 9.17) is 4.74 Å². The molecule has 1 aromatic rings. The Morgan fingerprint density at radius 2 is 2.47 bits per heavy atom. The first-order valence-corrected chi connectivity index (χ1v) is 6.16. The van der Waals surface area contributed by atoms with Crippen molar-refractivity contribution in [2.24, 2.45) is 0 Å². The standard InChI is InChI=1S/C11H17N3O2S/c1-7(17)11-8-5-14(10(15)6-16-2)4-3-9(8)12-13-11/h7,17H,3-6H2,1-2H3,(H,12,13). The van der Waals surface area contributed by atoms with Crippen molar-refractivity contribution >= 4 is 18.5 Å². The SMILES string of the molecule is COCC(=O)N1CCc2[nH]nc(C(C)S)c2C1. The summed E-state index contributed by atoms with van der Waals surface area (Å²) in [6, 6.07) is 0. The minimum Gasteiger partial charge on any atom is -0.375 e. The van der Waals surface area contributed by atoms with E-state index in [0.717, 1.165) is 29.9 Å². The van der Waals surface area contributed by atoms with E-state index in [-0.39, 0.29) is 17.8 Å². The molecule has 17 heavy (non-hydrogen) atoms. The van der Waals surface area contributed by atoms with Gasteiger partial charge in [0.15, 0.2) is 0 Å². The molecule has 1 atom stereocenters. The number of amides is 1. The van der Waals surface area contributed by atoms with E-state index in [1.54, 1.807) is 4.90 Å². The van der Waals surface area contributed by atoms with E-state index >= 15 is 0 Å². The number of carbonyl (C=O) groups is 1. The highest BCUT2D eigenvalue weighted by Gasteiger charge is 2.25. The smallest absolute Gasteiger partial charge is 0.248 e. The Hall–Kier alpha value is -1.01. The minimum atomic E-state index is 0.0251. The Balaban J connectivity index is 2.16. The number of rotatable bonds is 3. The predicted molar refractivity (Wildman–Crippen MR) is 67.0 cm³/mol. The van der Waals surface area contributed by atoms with Crippen LogP contribution in [0.3, 0.4) is 0 Å². The number of hydrogen-bond donors (Lipinski definition) is 2. The lowest BCUT2D eigenvalue weighted by Crippen LogP contribution is -2.38. The Morgan fingerprint density at radius 3 is 3.12 bits per heavy atom. The third kappa shape index (κ3) is 2.47. The molecule has 0 aliphatic carbocycles. The summed E-state index contributed by atoms with van der Waals surface area (Å²) in [7, 11) is 1.53. The molecule has 0 fully saturated rings. The van der Waals surface area contributed by atoms with Crippen molar-refractivity contribution in [1.82, 2.24) is 15.1 Å². The Kier molecular flexibility index (Phi) is 3.73. The molecule has 6 heteroatoms. The van der Waals surface area contributed by atoms with Crippen molar-refractivity contribution in [3.8, 4) is 0 Å². The molecule has 94 valence electrons. The van der Waals surface area contributed by atoms with Crippen LogP contribution in [0.1, 0.15) is 29.1 Å². The van der Waals surface area contributed by atoms with Gasteiger partial charge >= 0.3 is 0 Å². The molecule has 0 radical (unpaired) electrons. The van der Waals surface area contributed by atoms with Gasteiger partial charge in [0, 0.05) is 43.1 Å². The van der Waals surface area contributed by atoms with Crippen molar-refractivity contribution in [2.45, 2.75) is 25.1 Å². The third-order valence-corrected chi connectivity index (χ3v) is 3.23. The second kappa shape index (κ2) is 5.10. The Bertz CT molecular complexity index is 417. The lowest BCUT2D eigenvalue weighted by atomic mass is 10.0. The second-order valence-electron chi connectivity index (χ2n) is 4.24. The van der Waals surface area contributed by atoms with Gasteiger partial charge < -0.3 is 9.64 Å². The molecule has 1 N–H and O–H groups in total. The van der Waals surface area contributed by atoms with Crippen LogP contribution in [0.2, 0.25) is 0 Å². The fourth-order valence-electron chi connectivity index (χ4n) is 2.09. The molecular formula is C11H17N3O2S. The summed E-state index contributed by atoms with van der Waals surface area (Å²) in [6.07, 6.45) is 0.818. The van der Waals surface area contributed by atoms with Crippen molar-refractivity contribution in [1.29, 1.82) is 0 Å². The first kappa shape index (κ1) is 12.4. The van der Waals surface area contributed by atoms with Crippen LogP contribution in [-0.4, -0.2) is 41.3 Å². The number of thiol groups is 1. The number of carbonyl (C=O) groups excluding carboxylic acids is 1. The molecule has 1 amide bonds. The number of nitrogens with one attached hydrogen (secondary N) is 1. The highest BCUT2D eigenvalue weighted by atomic mass is 32.1. The van der Waals surface area contributed by atoms with E-state index in [9.17, 15) is 4.79 Å². The second-order valence-corrected chi connectivity index (χ2v) is 5.01. The molecule has 2 rings (SSSR count). The van der Waals surface area contributed by atoms with Gasteiger partial charge in [0.1, 0.15) is 6.61 Å². The lowest BCUT2D eigenvalue weighted by molar-refractivity contribution is -0.136. The minimum absolute atomic E-state index is 0.0251. The number of hydrogen-bond acceptors (Lipinski definition) is 4. The summed E-state index contributed by atoms with van der Waals surface area (Å²) in [4.78, 5) is 13.6. The van der Waals surface area contributed by atoms with Gasteiger partial charge in [-0.25, -0.2) is 0 Å². The highest BCUT2D eigenvalue weighted by molar-refractivity contribution is 7.80. The summed E-state index contributed by atoms with van der Waals surface area (Å²) >= 11 is 4.40.